The normalized spacial score (nSPS) is 25.1. The van der Waals surface area contributed by atoms with Gasteiger partial charge in [0.05, 0.1) is 25.7 Å². The fraction of sp³-hybridized carbons (Fsp3) is 0.353. The van der Waals surface area contributed by atoms with E-state index < -0.39 is 31.1 Å². The minimum absolute atomic E-state index is 0.0759. The number of nitrogens with one attached hydrogen (secondary N) is 1. The first kappa shape index (κ1) is 17.8. The highest BCUT2D eigenvalue weighted by Gasteiger charge is 2.43. The number of hydrogen-bond donors (Lipinski definition) is 4. The van der Waals surface area contributed by atoms with E-state index in [1.807, 2.05) is 30.3 Å². The fourth-order valence-corrected chi connectivity index (χ4v) is 2.94. The van der Waals surface area contributed by atoms with Crippen LogP contribution >= 0.6 is 0 Å². The number of ether oxygens (including phenoxy) is 1. The van der Waals surface area contributed by atoms with Crippen LogP contribution in [0.1, 0.15) is 11.8 Å². The summed E-state index contributed by atoms with van der Waals surface area (Å²) in [4.78, 5) is 17.9. The number of aromatic nitrogens is 4. The van der Waals surface area contributed by atoms with E-state index in [2.05, 4.69) is 20.4 Å². The quantitative estimate of drug-likeness (QED) is 0.423. The number of aliphatic hydroxyl groups excluding tert-OH is 3. The van der Waals surface area contributed by atoms with Gasteiger partial charge in [-0.05, 0) is 5.56 Å². The lowest BCUT2D eigenvalue weighted by Crippen LogP contribution is -2.33. The molecule has 3 heterocycles. The van der Waals surface area contributed by atoms with E-state index in [0.29, 0.717) is 17.7 Å². The van der Waals surface area contributed by atoms with E-state index in [1.54, 1.807) is 0 Å². The van der Waals surface area contributed by atoms with Crippen molar-refractivity contribution in [1.29, 1.82) is 0 Å². The van der Waals surface area contributed by atoms with Crippen molar-refractivity contribution in [3.63, 3.8) is 0 Å². The van der Waals surface area contributed by atoms with Crippen LogP contribution < -0.4 is 10.3 Å². The Morgan fingerprint density at radius 1 is 1.15 bits per heavy atom. The number of hydrogen-bond acceptors (Lipinski definition) is 9. The van der Waals surface area contributed by atoms with Crippen LogP contribution in [0.4, 0.5) is 0 Å². The van der Waals surface area contributed by atoms with Crippen molar-refractivity contribution >= 4 is 11.2 Å². The molecule has 1 aromatic carbocycles. The van der Waals surface area contributed by atoms with Crippen molar-refractivity contribution in [2.24, 2.45) is 0 Å². The van der Waals surface area contributed by atoms with Crippen LogP contribution in [0.3, 0.4) is 0 Å². The average molecular weight is 373 g/mol. The molecule has 0 aliphatic carbocycles. The minimum atomic E-state index is -1.23. The van der Waals surface area contributed by atoms with Gasteiger partial charge in [0.2, 0.25) is 0 Å². The molecule has 1 fully saturated rings. The Kier molecular flexibility index (Phi) is 4.97. The molecule has 0 amide bonds. The molecule has 4 atom stereocenters. The summed E-state index contributed by atoms with van der Waals surface area (Å²) in [5, 5.41) is 29.4. The van der Waals surface area contributed by atoms with Gasteiger partial charge in [-0.2, -0.15) is 9.97 Å². The molecule has 0 radical (unpaired) electrons. The van der Waals surface area contributed by atoms with Crippen LogP contribution in [-0.4, -0.2) is 59.8 Å². The maximum atomic E-state index is 10.2. The molecular formula is C17H19N5O5. The van der Waals surface area contributed by atoms with Crippen LogP contribution in [-0.2, 0) is 11.3 Å². The van der Waals surface area contributed by atoms with Gasteiger partial charge in [0.25, 0.3) is 0 Å². The van der Waals surface area contributed by atoms with Crippen molar-refractivity contribution < 1.29 is 24.9 Å². The predicted octanol–water partition coefficient (Wildman–Crippen LogP) is -0.479. The van der Waals surface area contributed by atoms with Gasteiger partial charge >= 0.3 is 6.01 Å². The van der Waals surface area contributed by atoms with Gasteiger partial charge < -0.3 is 24.9 Å². The van der Waals surface area contributed by atoms with E-state index in [9.17, 15) is 15.3 Å². The summed E-state index contributed by atoms with van der Waals surface area (Å²) in [6.07, 6.45) is -1.33. The average Bonchev–Trinajstić information content (AvgIpc) is 3.23. The van der Waals surface area contributed by atoms with Gasteiger partial charge in [-0.3, -0.25) is 4.57 Å². The third-order valence-electron chi connectivity index (χ3n) is 4.37. The minimum Gasteiger partial charge on any atom is -0.394 e. The van der Waals surface area contributed by atoms with E-state index >= 15 is 0 Å². The highest BCUT2D eigenvalue weighted by atomic mass is 16.7. The van der Waals surface area contributed by atoms with Gasteiger partial charge in [-0.25, -0.2) is 4.98 Å². The molecule has 142 valence electrons. The van der Waals surface area contributed by atoms with Crippen LogP contribution in [0.2, 0.25) is 0 Å². The summed E-state index contributed by atoms with van der Waals surface area (Å²) in [6, 6.07) is 9.78. The van der Waals surface area contributed by atoms with Crippen LogP contribution in [0, 0.1) is 0 Å². The van der Waals surface area contributed by atoms with Crippen molar-refractivity contribution in [2.45, 2.75) is 31.1 Å². The van der Waals surface area contributed by atoms with E-state index in [-0.39, 0.29) is 6.01 Å². The van der Waals surface area contributed by atoms with Crippen molar-refractivity contribution in [3.05, 3.63) is 48.4 Å². The molecule has 0 spiro atoms. The highest BCUT2D eigenvalue weighted by Crippen LogP contribution is 2.31. The zero-order valence-electron chi connectivity index (χ0n) is 14.2. The Morgan fingerprint density at radius 2 is 1.96 bits per heavy atom. The fourth-order valence-electron chi connectivity index (χ4n) is 2.94. The standard InChI is InChI=1S/C17H19N5O5/c23-8-12-13(24)14(25)16(26-12)22-9-19-11-7-18-17(21-15(11)22)27-20-6-10-4-2-1-3-5-10/h1-5,7,9,12-14,16,20,23-25H,6,8H2/t12-,13-,14-,16?/m1/s1. The monoisotopic (exact) mass is 373 g/mol. The first-order valence-electron chi connectivity index (χ1n) is 8.43. The molecule has 1 unspecified atom stereocenters. The second-order valence-electron chi connectivity index (χ2n) is 6.15. The van der Waals surface area contributed by atoms with Crippen molar-refractivity contribution in [1.82, 2.24) is 25.0 Å². The number of aliphatic hydroxyl groups is 3. The molecular weight excluding hydrogens is 354 g/mol. The number of hydroxylamine groups is 1. The summed E-state index contributed by atoms with van der Waals surface area (Å²) < 4.78 is 7.00. The lowest BCUT2D eigenvalue weighted by molar-refractivity contribution is -0.0511. The van der Waals surface area contributed by atoms with Crippen molar-refractivity contribution in [2.75, 3.05) is 6.61 Å². The third-order valence-corrected chi connectivity index (χ3v) is 4.37. The molecule has 27 heavy (non-hydrogen) atoms. The Morgan fingerprint density at radius 3 is 2.70 bits per heavy atom. The van der Waals surface area contributed by atoms with Gasteiger partial charge in [-0.15, -0.1) is 5.48 Å². The topological polar surface area (TPSA) is 135 Å². The zero-order valence-corrected chi connectivity index (χ0v) is 14.2. The summed E-state index contributed by atoms with van der Waals surface area (Å²) in [7, 11) is 0. The summed E-state index contributed by atoms with van der Waals surface area (Å²) in [6.45, 7) is 0.0599. The number of rotatable bonds is 6. The Balaban J connectivity index is 1.51. The molecule has 1 saturated heterocycles. The summed E-state index contributed by atoms with van der Waals surface area (Å²) >= 11 is 0. The van der Waals surface area contributed by atoms with Crippen molar-refractivity contribution in [3.8, 4) is 6.01 Å². The lowest BCUT2D eigenvalue weighted by Gasteiger charge is -2.16. The second-order valence-corrected chi connectivity index (χ2v) is 6.15. The number of benzene rings is 1. The maximum absolute atomic E-state index is 10.2. The van der Waals surface area contributed by atoms with E-state index in [1.165, 1.54) is 17.1 Å². The second kappa shape index (κ2) is 7.55. The van der Waals surface area contributed by atoms with Gasteiger partial charge in [-0.1, -0.05) is 30.3 Å². The van der Waals surface area contributed by atoms with Crippen LogP contribution in [0.15, 0.2) is 42.9 Å². The lowest BCUT2D eigenvalue weighted by atomic mass is 10.1. The summed E-state index contributed by atoms with van der Waals surface area (Å²) in [5.41, 5.74) is 4.67. The van der Waals surface area contributed by atoms with Crippen LogP contribution in [0.25, 0.3) is 11.2 Å². The smallest absolute Gasteiger partial charge is 0.337 e. The van der Waals surface area contributed by atoms with E-state index in [4.69, 9.17) is 9.57 Å². The Hall–Kier alpha value is -2.63. The van der Waals surface area contributed by atoms with Crippen LogP contribution in [0.5, 0.6) is 6.01 Å². The molecule has 3 aromatic rings. The van der Waals surface area contributed by atoms with Gasteiger partial charge in [0.1, 0.15) is 23.8 Å². The Labute approximate surface area is 154 Å². The molecule has 4 rings (SSSR count). The molecule has 10 heteroatoms. The first-order chi connectivity index (χ1) is 13.2. The van der Waals surface area contributed by atoms with Gasteiger partial charge in [0.15, 0.2) is 11.9 Å². The molecule has 0 bridgehead atoms. The molecule has 0 saturated carbocycles. The largest absolute Gasteiger partial charge is 0.394 e. The number of fused-ring (bicyclic) bond motifs is 1. The molecule has 4 N–H and O–H groups in total. The predicted molar refractivity (Wildman–Crippen MR) is 92.2 cm³/mol. The Bertz CT molecular complexity index is 905. The number of nitrogens with zero attached hydrogens (tertiary/aromatic N) is 4. The molecule has 1 aliphatic rings. The third kappa shape index (κ3) is 3.48. The molecule has 1 aliphatic heterocycles. The summed E-state index contributed by atoms with van der Waals surface area (Å²) in [5.74, 6) is 0. The van der Waals surface area contributed by atoms with E-state index in [0.717, 1.165) is 5.56 Å². The van der Waals surface area contributed by atoms with Gasteiger partial charge in [0, 0.05) is 0 Å². The molecule has 2 aromatic heterocycles. The molecule has 10 nitrogen and oxygen atoms in total. The SMILES string of the molecule is OC[C@H]1OC(n2cnc3cnc(ONCc4ccccc4)nc32)[C@H](O)[C@@H]1O. The zero-order chi connectivity index (χ0) is 18.8. The first-order valence-corrected chi connectivity index (χ1v) is 8.43. The highest BCUT2D eigenvalue weighted by molar-refractivity contribution is 5.69. The number of imidazole rings is 1. The maximum Gasteiger partial charge on any atom is 0.337 e.